The molecule has 0 fully saturated rings. The van der Waals surface area contributed by atoms with Crippen molar-refractivity contribution in [3.05, 3.63) is 65.7 Å². The van der Waals surface area contributed by atoms with Gasteiger partial charge in [-0.1, -0.05) is 24.3 Å². The first-order chi connectivity index (χ1) is 14.2. The molecule has 2 amide bonds. The first-order valence-electron chi connectivity index (χ1n) is 9.15. The summed E-state index contributed by atoms with van der Waals surface area (Å²) in [6.45, 7) is 4.22. The van der Waals surface area contributed by atoms with Crippen molar-refractivity contribution in [2.75, 3.05) is 10.6 Å². The monoisotopic (exact) mass is 410 g/mol. The van der Waals surface area contributed by atoms with E-state index in [4.69, 9.17) is 0 Å². The molecule has 154 valence electrons. The Hall–Kier alpha value is -3.74. The Morgan fingerprint density at radius 1 is 0.833 bits per heavy atom. The van der Waals surface area contributed by atoms with Gasteiger partial charge in [0.25, 0.3) is 0 Å². The highest BCUT2D eigenvalue weighted by atomic mass is 19.1. The highest BCUT2D eigenvalue weighted by Crippen LogP contribution is 2.40. The maximum absolute atomic E-state index is 14.5. The third-order valence-electron chi connectivity index (χ3n) is 4.53. The van der Waals surface area contributed by atoms with Gasteiger partial charge in [0.2, 0.25) is 11.8 Å². The topological polar surface area (TPSA) is 78.4 Å². The lowest BCUT2D eigenvalue weighted by molar-refractivity contribution is -0.115. The molecule has 0 atom stereocenters. The number of carbonyl (C=O) groups excluding carboxylic acids is 2. The molecule has 0 unspecified atom stereocenters. The second kappa shape index (κ2) is 8.32. The van der Waals surface area contributed by atoms with Crippen LogP contribution in [0.3, 0.4) is 0 Å². The van der Waals surface area contributed by atoms with E-state index in [1.165, 1.54) is 32.0 Å². The molecule has 0 aliphatic heterocycles. The minimum atomic E-state index is -0.644. The minimum Gasteiger partial charge on any atom is -0.507 e. The Morgan fingerprint density at radius 3 is 2.00 bits per heavy atom. The van der Waals surface area contributed by atoms with Gasteiger partial charge in [-0.2, -0.15) is 0 Å². The number of phenolic OH excluding ortho intramolecular Hbond substituents is 1. The zero-order valence-electron chi connectivity index (χ0n) is 16.6. The lowest BCUT2D eigenvalue weighted by Crippen LogP contribution is -2.09. The largest absolute Gasteiger partial charge is 0.507 e. The summed E-state index contributed by atoms with van der Waals surface area (Å²) in [6.07, 6.45) is 0. The van der Waals surface area contributed by atoms with Gasteiger partial charge in [0, 0.05) is 25.0 Å². The number of carbonyl (C=O) groups is 2. The summed E-state index contributed by atoms with van der Waals surface area (Å²) in [4.78, 5) is 22.4. The van der Waals surface area contributed by atoms with E-state index < -0.39 is 17.5 Å². The molecule has 7 heteroatoms. The van der Waals surface area contributed by atoms with Crippen molar-refractivity contribution in [1.82, 2.24) is 0 Å². The summed E-state index contributed by atoms with van der Waals surface area (Å²) in [5.41, 5.74) is 2.13. The molecule has 0 heterocycles. The fraction of sp³-hybridized carbons (Fsp3) is 0.130. The number of benzene rings is 3. The number of para-hydroxylation sites is 1. The number of anilines is 2. The van der Waals surface area contributed by atoms with Crippen LogP contribution in [0.2, 0.25) is 0 Å². The van der Waals surface area contributed by atoms with Crippen molar-refractivity contribution < 1.29 is 23.5 Å². The van der Waals surface area contributed by atoms with Crippen LogP contribution in [0, 0.1) is 18.6 Å². The van der Waals surface area contributed by atoms with Gasteiger partial charge in [-0.15, -0.1) is 0 Å². The van der Waals surface area contributed by atoms with Crippen molar-refractivity contribution in [3.8, 4) is 28.0 Å². The van der Waals surface area contributed by atoms with Gasteiger partial charge in [0.15, 0.2) is 0 Å². The average molecular weight is 410 g/mol. The Balaban J connectivity index is 2.05. The summed E-state index contributed by atoms with van der Waals surface area (Å²) in [5, 5.41) is 15.6. The van der Waals surface area contributed by atoms with Gasteiger partial charge < -0.3 is 15.7 Å². The number of hydrogen-bond acceptors (Lipinski definition) is 3. The van der Waals surface area contributed by atoms with Crippen LogP contribution in [0.1, 0.15) is 19.4 Å². The SMILES string of the molecule is CC(=O)Nc1ccc(-c2cccc(-c3cc(C)c(NC(C)=O)c(F)c3)c2O)cc1F. The van der Waals surface area contributed by atoms with Gasteiger partial charge >= 0.3 is 0 Å². The molecule has 0 aliphatic carbocycles. The summed E-state index contributed by atoms with van der Waals surface area (Å²) < 4.78 is 28.9. The van der Waals surface area contributed by atoms with Gasteiger partial charge in [0.05, 0.1) is 11.4 Å². The van der Waals surface area contributed by atoms with Gasteiger partial charge in [0.1, 0.15) is 17.4 Å². The summed E-state index contributed by atoms with van der Waals surface area (Å²) >= 11 is 0. The lowest BCUT2D eigenvalue weighted by atomic mass is 9.95. The Bertz CT molecular complexity index is 1140. The molecule has 30 heavy (non-hydrogen) atoms. The number of phenols is 1. The fourth-order valence-electron chi connectivity index (χ4n) is 3.22. The molecule has 3 rings (SSSR count). The minimum absolute atomic E-state index is 0.0353. The Kier molecular flexibility index (Phi) is 5.82. The van der Waals surface area contributed by atoms with E-state index in [0.29, 0.717) is 27.8 Å². The fourth-order valence-corrected chi connectivity index (χ4v) is 3.22. The second-order valence-electron chi connectivity index (χ2n) is 6.91. The molecular formula is C23H20F2N2O3. The maximum Gasteiger partial charge on any atom is 0.221 e. The van der Waals surface area contributed by atoms with E-state index in [-0.39, 0.29) is 23.0 Å². The van der Waals surface area contributed by atoms with E-state index in [1.807, 2.05) is 0 Å². The van der Waals surface area contributed by atoms with Crippen molar-refractivity contribution >= 4 is 23.2 Å². The average Bonchev–Trinajstić information content (AvgIpc) is 2.66. The lowest BCUT2D eigenvalue weighted by Gasteiger charge is -2.14. The number of halogens is 2. The van der Waals surface area contributed by atoms with Crippen molar-refractivity contribution in [3.63, 3.8) is 0 Å². The van der Waals surface area contributed by atoms with Gasteiger partial charge in [-0.3, -0.25) is 9.59 Å². The van der Waals surface area contributed by atoms with E-state index in [2.05, 4.69) is 10.6 Å². The quantitative estimate of drug-likeness (QED) is 0.551. The summed E-state index contributed by atoms with van der Waals surface area (Å²) in [7, 11) is 0. The van der Waals surface area contributed by atoms with Gasteiger partial charge in [-0.05, 0) is 47.9 Å². The molecule has 0 aromatic heterocycles. The van der Waals surface area contributed by atoms with Crippen LogP contribution in [0.4, 0.5) is 20.2 Å². The zero-order chi connectivity index (χ0) is 22.0. The van der Waals surface area contributed by atoms with Crippen LogP contribution < -0.4 is 10.6 Å². The van der Waals surface area contributed by atoms with E-state index in [0.717, 1.165) is 0 Å². The Morgan fingerprint density at radius 2 is 1.43 bits per heavy atom. The summed E-state index contributed by atoms with van der Waals surface area (Å²) in [6, 6.07) is 11.9. The van der Waals surface area contributed by atoms with E-state index in [1.54, 1.807) is 37.3 Å². The number of rotatable bonds is 4. The molecule has 0 saturated carbocycles. The molecule has 0 spiro atoms. The van der Waals surface area contributed by atoms with Crippen LogP contribution in [0.15, 0.2) is 48.5 Å². The molecule has 3 aromatic carbocycles. The van der Waals surface area contributed by atoms with E-state index in [9.17, 15) is 23.5 Å². The zero-order valence-corrected chi connectivity index (χ0v) is 16.6. The third-order valence-corrected chi connectivity index (χ3v) is 4.53. The highest BCUT2D eigenvalue weighted by molar-refractivity contribution is 5.91. The number of hydrogen-bond donors (Lipinski definition) is 3. The van der Waals surface area contributed by atoms with Crippen LogP contribution >= 0.6 is 0 Å². The normalized spacial score (nSPS) is 10.6. The Labute approximate surface area is 172 Å². The smallest absolute Gasteiger partial charge is 0.221 e. The molecule has 0 bridgehead atoms. The number of aryl methyl sites for hydroxylation is 1. The third kappa shape index (κ3) is 4.30. The van der Waals surface area contributed by atoms with Crippen LogP contribution in [-0.2, 0) is 9.59 Å². The van der Waals surface area contributed by atoms with Crippen LogP contribution in [0.5, 0.6) is 5.75 Å². The molecule has 0 saturated heterocycles. The standard InChI is InChI=1S/C23H20F2N2O3/c1-12-9-16(11-20(25)22(12)27-14(3)29)18-6-4-5-17(23(18)30)15-7-8-21(19(24)10-15)26-13(2)28/h4-11,30H,1-3H3,(H,26,28)(H,27,29). The van der Waals surface area contributed by atoms with Crippen molar-refractivity contribution in [2.45, 2.75) is 20.8 Å². The number of nitrogens with one attached hydrogen (secondary N) is 2. The molecule has 0 radical (unpaired) electrons. The van der Waals surface area contributed by atoms with Crippen LogP contribution in [-0.4, -0.2) is 16.9 Å². The predicted molar refractivity (Wildman–Crippen MR) is 112 cm³/mol. The highest BCUT2D eigenvalue weighted by Gasteiger charge is 2.16. The van der Waals surface area contributed by atoms with Gasteiger partial charge in [-0.25, -0.2) is 8.78 Å². The van der Waals surface area contributed by atoms with Crippen LogP contribution in [0.25, 0.3) is 22.3 Å². The maximum atomic E-state index is 14.5. The first-order valence-corrected chi connectivity index (χ1v) is 9.15. The molecule has 5 nitrogen and oxygen atoms in total. The molecule has 3 aromatic rings. The van der Waals surface area contributed by atoms with E-state index >= 15 is 0 Å². The molecule has 3 N–H and O–H groups in total. The van der Waals surface area contributed by atoms with Crippen molar-refractivity contribution in [1.29, 1.82) is 0 Å². The first kappa shape index (κ1) is 21.0. The molecular weight excluding hydrogens is 390 g/mol. The number of aromatic hydroxyl groups is 1. The number of amides is 2. The van der Waals surface area contributed by atoms with Crippen molar-refractivity contribution in [2.24, 2.45) is 0 Å². The predicted octanol–water partition coefficient (Wildman–Crippen LogP) is 5.23. The molecule has 0 aliphatic rings. The summed E-state index contributed by atoms with van der Waals surface area (Å²) in [5.74, 6) is -2.20. The second-order valence-corrected chi connectivity index (χ2v) is 6.91.